The molecule has 0 saturated carbocycles. The highest BCUT2D eigenvalue weighted by Crippen LogP contribution is 2.34. The molecule has 1 amide bonds. The molecule has 1 atom stereocenters. The molecule has 37 heavy (non-hydrogen) atoms. The minimum Gasteiger partial charge on any atom is -0.383 e. The summed E-state index contributed by atoms with van der Waals surface area (Å²) in [6.07, 6.45) is 8.75. The largest absolute Gasteiger partial charge is 0.383 e. The van der Waals surface area contributed by atoms with Crippen LogP contribution < -0.4 is 10.6 Å². The predicted molar refractivity (Wildman–Crippen MR) is 144 cm³/mol. The number of piperidine rings is 1. The van der Waals surface area contributed by atoms with E-state index in [-0.39, 0.29) is 11.9 Å². The minimum atomic E-state index is -0.0633. The molecule has 3 aromatic heterocycles. The molecule has 1 saturated heterocycles. The summed E-state index contributed by atoms with van der Waals surface area (Å²) in [6.45, 7) is 6.69. The molecule has 0 radical (unpaired) electrons. The van der Waals surface area contributed by atoms with E-state index in [1.807, 2.05) is 21.8 Å². The van der Waals surface area contributed by atoms with Crippen molar-refractivity contribution in [2.45, 2.75) is 38.3 Å². The third kappa shape index (κ3) is 4.30. The molecule has 6 rings (SSSR count). The number of nitrogens with two attached hydrogens (primary N) is 1. The molecular formula is C28H30N8O. The van der Waals surface area contributed by atoms with Gasteiger partial charge in [0.1, 0.15) is 17.8 Å². The van der Waals surface area contributed by atoms with Crippen molar-refractivity contribution >= 4 is 28.4 Å². The standard InChI is InChI=1S/C28H30N8O/c1-2-24(37)35-14-6-9-22(17-35)36-28-25(27(29)31-18-32-28)26(33-36)20-11-12-21(30-15-20)16-34-13-5-8-19-7-3-4-10-23(19)34/h2-4,7,10-12,15,18,22H,1,5-6,8-9,13-14,16-17H2,(H2,29,31,32). The Kier molecular flexibility index (Phi) is 6.04. The summed E-state index contributed by atoms with van der Waals surface area (Å²) in [4.78, 5) is 30.0. The van der Waals surface area contributed by atoms with Gasteiger partial charge >= 0.3 is 0 Å². The number of amides is 1. The van der Waals surface area contributed by atoms with E-state index in [4.69, 9.17) is 15.8 Å². The highest BCUT2D eigenvalue weighted by atomic mass is 16.2. The van der Waals surface area contributed by atoms with Crippen LogP contribution in [0.25, 0.3) is 22.3 Å². The second-order valence-corrected chi connectivity index (χ2v) is 9.73. The molecule has 2 N–H and O–H groups in total. The summed E-state index contributed by atoms with van der Waals surface area (Å²) in [6, 6.07) is 12.7. The Labute approximate surface area is 215 Å². The van der Waals surface area contributed by atoms with Gasteiger partial charge in [-0.2, -0.15) is 5.10 Å². The fraction of sp³-hybridized carbons (Fsp3) is 0.321. The number of fused-ring (bicyclic) bond motifs is 2. The van der Waals surface area contributed by atoms with Crippen LogP contribution in [0.5, 0.6) is 0 Å². The maximum absolute atomic E-state index is 12.3. The maximum Gasteiger partial charge on any atom is 0.246 e. The predicted octanol–water partition coefficient (Wildman–Crippen LogP) is 3.77. The first kappa shape index (κ1) is 23.1. The third-order valence-corrected chi connectivity index (χ3v) is 7.40. The van der Waals surface area contributed by atoms with E-state index in [1.165, 1.54) is 23.7 Å². The zero-order chi connectivity index (χ0) is 25.4. The average Bonchev–Trinajstić information content (AvgIpc) is 3.34. The smallest absolute Gasteiger partial charge is 0.246 e. The van der Waals surface area contributed by atoms with Gasteiger partial charge in [0, 0.05) is 37.1 Å². The Morgan fingerprint density at radius 1 is 1.11 bits per heavy atom. The number of anilines is 2. The Hall–Kier alpha value is -4.27. The second kappa shape index (κ2) is 9.65. The molecule has 2 aliphatic heterocycles. The molecule has 0 aliphatic carbocycles. The van der Waals surface area contributed by atoms with Gasteiger partial charge in [-0.25, -0.2) is 14.6 Å². The minimum absolute atomic E-state index is 0.00500. The van der Waals surface area contributed by atoms with Crippen LogP contribution in [0.15, 0.2) is 61.6 Å². The molecule has 9 nitrogen and oxygen atoms in total. The molecule has 2 aliphatic rings. The number of para-hydroxylation sites is 1. The van der Waals surface area contributed by atoms with Crippen LogP contribution in [0, 0.1) is 0 Å². The number of hydrogen-bond acceptors (Lipinski definition) is 7. The average molecular weight is 495 g/mol. The topological polar surface area (TPSA) is 106 Å². The number of carbonyl (C=O) groups is 1. The monoisotopic (exact) mass is 494 g/mol. The van der Waals surface area contributed by atoms with Crippen molar-refractivity contribution in [3.63, 3.8) is 0 Å². The zero-order valence-corrected chi connectivity index (χ0v) is 20.8. The number of nitrogen functional groups attached to an aromatic ring is 1. The number of aryl methyl sites for hydroxylation is 1. The summed E-state index contributed by atoms with van der Waals surface area (Å²) >= 11 is 0. The number of aromatic nitrogens is 5. The van der Waals surface area contributed by atoms with Gasteiger partial charge in [0.05, 0.1) is 23.7 Å². The number of benzene rings is 1. The lowest BCUT2D eigenvalue weighted by Gasteiger charge is -2.32. The maximum atomic E-state index is 12.3. The molecule has 1 fully saturated rings. The summed E-state index contributed by atoms with van der Waals surface area (Å²) in [5.74, 6) is 0.321. The van der Waals surface area contributed by atoms with E-state index in [0.29, 0.717) is 29.1 Å². The van der Waals surface area contributed by atoms with E-state index < -0.39 is 0 Å². The van der Waals surface area contributed by atoms with Crippen LogP contribution in [0.3, 0.4) is 0 Å². The highest BCUT2D eigenvalue weighted by molar-refractivity contribution is 5.98. The van der Waals surface area contributed by atoms with Crippen molar-refractivity contribution in [3.8, 4) is 11.3 Å². The van der Waals surface area contributed by atoms with E-state index in [1.54, 1.807) is 0 Å². The van der Waals surface area contributed by atoms with Crippen molar-refractivity contribution in [2.75, 3.05) is 30.3 Å². The lowest BCUT2D eigenvalue weighted by atomic mass is 10.0. The normalized spacial score (nSPS) is 17.6. The van der Waals surface area contributed by atoms with Crippen molar-refractivity contribution in [1.82, 2.24) is 29.6 Å². The number of pyridine rings is 1. The van der Waals surface area contributed by atoms with Crippen LogP contribution in [0.2, 0.25) is 0 Å². The number of hydrogen-bond donors (Lipinski definition) is 1. The van der Waals surface area contributed by atoms with Gasteiger partial charge in [0.25, 0.3) is 0 Å². The molecule has 1 unspecified atom stereocenters. The Bertz CT molecular complexity index is 1460. The van der Waals surface area contributed by atoms with Crippen molar-refractivity contribution in [2.24, 2.45) is 0 Å². The van der Waals surface area contributed by atoms with Crippen LogP contribution in [0.4, 0.5) is 11.5 Å². The summed E-state index contributed by atoms with van der Waals surface area (Å²) < 4.78 is 1.91. The fourth-order valence-corrected chi connectivity index (χ4v) is 5.57. The summed E-state index contributed by atoms with van der Waals surface area (Å²) in [5, 5.41) is 5.68. The molecular weight excluding hydrogens is 464 g/mol. The van der Waals surface area contributed by atoms with Crippen molar-refractivity contribution < 1.29 is 4.79 Å². The second-order valence-electron chi connectivity index (χ2n) is 9.73. The van der Waals surface area contributed by atoms with Crippen molar-refractivity contribution in [1.29, 1.82) is 0 Å². The Balaban J connectivity index is 1.31. The number of nitrogens with zero attached hydrogens (tertiary/aromatic N) is 7. The summed E-state index contributed by atoms with van der Waals surface area (Å²) in [7, 11) is 0. The third-order valence-electron chi connectivity index (χ3n) is 7.40. The van der Waals surface area contributed by atoms with Crippen LogP contribution >= 0.6 is 0 Å². The van der Waals surface area contributed by atoms with Gasteiger partial charge in [-0.3, -0.25) is 9.78 Å². The zero-order valence-electron chi connectivity index (χ0n) is 20.8. The van der Waals surface area contributed by atoms with Gasteiger partial charge in [-0.1, -0.05) is 24.8 Å². The van der Waals surface area contributed by atoms with Gasteiger partial charge in [-0.15, -0.1) is 0 Å². The molecule has 1 aromatic carbocycles. The van der Waals surface area contributed by atoms with Gasteiger partial charge < -0.3 is 15.5 Å². The van der Waals surface area contributed by atoms with Crippen LogP contribution in [-0.4, -0.2) is 55.2 Å². The molecule has 9 heteroatoms. The molecule has 188 valence electrons. The lowest BCUT2D eigenvalue weighted by Crippen LogP contribution is -2.40. The Morgan fingerprint density at radius 2 is 2.00 bits per heavy atom. The number of likely N-dealkylation sites (tertiary alicyclic amines) is 1. The van der Waals surface area contributed by atoms with E-state index in [9.17, 15) is 4.79 Å². The number of carbonyl (C=O) groups excluding carboxylic acids is 1. The van der Waals surface area contributed by atoms with Gasteiger partial charge in [0.15, 0.2) is 5.65 Å². The van der Waals surface area contributed by atoms with E-state index >= 15 is 0 Å². The molecule has 4 aromatic rings. The SMILES string of the molecule is C=CC(=O)N1CCCC(n2nc(-c3ccc(CN4CCCc5ccccc54)nc3)c3c(N)ncnc32)C1. The van der Waals surface area contributed by atoms with Crippen LogP contribution in [-0.2, 0) is 17.8 Å². The lowest BCUT2D eigenvalue weighted by molar-refractivity contribution is -0.127. The molecule has 5 heterocycles. The summed E-state index contributed by atoms with van der Waals surface area (Å²) in [5.41, 5.74) is 12.3. The van der Waals surface area contributed by atoms with E-state index in [0.717, 1.165) is 56.6 Å². The Morgan fingerprint density at radius 3 is 2.84 bits per heavy atom. The van der Waals surface area contributed by atoms with Crippen molar-refractivity contribution in [3.05, 3.63) is 72.8 Å². The van der Waals surface area contributed by atoms with E-state index in [2.05, 4.69) is 51.8 Å². The highest BCUT2D eigenvalue weighted by Gasteiger charge is 2.28. The fourth-order valence-electron chi connectivity index (χ4n) is 5.57. The number of rotatable bonds is 5. The first-order chi connectivity index (χ1) is 18.1. The molecule has 0 spiro atoms. The first-order valence-corrected chi connectivity index (χ1v) is 12.8. The first-order valence-electron chi connectivity index (χ1n) is 12.8. The molecule has 0 bridgehead atoms. The quantitative estimate of drug-likeness (QED) is 0.421. The van der Waals surface area contributed by atoms with Crippen LogP contribution in [0.1, 0.15) is 36.6 Å². The van der Waals surface area contributed by atoms with Gasteiger partial charge in [-0.05, 0) is 55.5 Å². The van der Waals surface area contributed by atoms with Gasteiger partial charge in [0.2, 0.25) is 5.91 Å².